The molecule has 2 aromatic rings. The first-order valence-electron chi connectivity index (χ1n) is 4.48. The Balaban J connectivity index is 2.30. The second-order valence-electron chi connectivity index (χ2n) is 3.14. The van der Waals surface area contributed by atoms with E-state index in [0.29, 0.717) is 0 Å². The molecule has 1 aromatic heterocycles. The smallest absolute Gasteiger partial charge is 0.0582 e. The number of rotatable bonds is 2. The molecule has 1 N–H and O–H groups in total. The molecule has 0 amide bonds. The molecule has 0 aliphatic rings. The zero-order valence-electron chi connectivity index (χ0n) is 8.05. The van der Waals surface area contributed by atoms with Gasteiger partial charge in [0.15, 0.2) is 0 Å². The van der Waals surface area contributed by atoms with Gasteiger partial charge in [-0.25, -0.2) is 0 Å². The molecule has 2 rings (SSSR count). The quantitative estimate of drug-likeness (QED) is 0.749. The molecule has 5 heteroatoms. The Morgan fingerprint density at radius 1 is 0.938 bits per heavy atom. The Hall–Kier alpha value is -0.390. The summed E-state index contributed by atoms with van der Waals surface area (Å²) < 4.78 is 2.99. The number of aromatic nitrogens is 1. The molecule has 0 aliphatic carbocycles. The molecule has 16 heavy (non-hydrogen) atoms. The van der Waals surface area contributed by atoms with Crippen molar-refractivity contribution in [3.63, 3.8) is 0 Å². The maximum atomic E-state index is 4.10. The maximum Gasteiger partial charge on any atom is 0.0582 e. The van der Waals surface area contributed by atoms with Crippen molar-refractivity contribution in [2.75, 3.05) is 5.32 Å². The largest absolute Gasteiger partial charge is 0.353 e. The topological polar surface area (TPSA) is 24.9 Å². The molecule has 2 nitrogen and oxygen atoms in total. The van der Waals surface area contributed by atoms with Gasteiger partial charge in [0, 0.05) is 19.6 Å². The van der Waals surface area contributed by atoms with E-state index in [2.05, 4.69) is 58.1 Å². The van der Waals surface area contributed by atoms with Crippen LogP contribution in [-0.4, -0.2) is 4.98 Å². The Morgan fingerprint density at radius 3 is 2.50 bits per heavy atom. The SMILES string of the molecule is Brc1cncc(Nc2cc(Br)ccc2Br)c1. The first-order valence-corrected chi connectivity index (χ1v) is 6.86. The normalized spacial score (nSPS) is 10.2. The fourth-order valence-corrected chi connectivity index (χ4v) is 2.30. The van der Waals surface area contributed by atoms with E-state index in [1.807, 2.05) is 24.3 Å². The molecule has 0 saturated carbocycles. The van der Waals surface area contributed by atoms with E-state index in [0.717, 1.165) is 24.8 Å². The van der Waals surface area contributed by atoms with E-state index in [1.54, 1.807) is 12.4 Å². The lowest BCUT2D eigenvalue weighted by Crippen LogP contribution is -1.92. The molecular weight excluding hydrogens is 400 g/mol. The van der Waals surface area contributed by atoms with Crippen LogP contribution in [0.4, 0.5) is 11.4 Å². The molecule has 1 heterocycles. The molecule has 1 aromatic carbocycles. The van der Waals surface area contributed by atoms with Gasteiger partial charge in [0.05, 0.1) is 17.6 Å². The highest BCUT2D eigenvalue weighted by Gasteiger charge is 2.01. The van der Waals surface area contributed by atoms with Crippen LogP contribution in [0.5, 0.6) is 0 Å². The predicted molar refractivity (Wildman–Crippen MR) is 77.1 cm³/mol. The van der Waals surface area contributed by atoms with Crippen LogP contribution in [0.25, 0.3) is 0 Å². The fourth-order valence-electron chi connectivity index (χ4n) is 1.23. The van der Waals surface area contributed by atoms with Crippen molar-refractivity contribution in [3.05, 3.63) is 50.1 Å². The van der Waals surface area contributed by atoms with Crippen LogP contribution in [0.15, 0.2) is 50.1 Å². The summed E-state index contributed by atoms with van der Waals surface area (Å²) in [5, 5.41) is 3.28. The van der Waals surface area contributed by atoms with Crippen LogP contribution in [0, 0.1) is 0 Å². The summed E-state index contributed by atoms with van der Waals surface area (Å²) in [5.41, 5.74) is 1.93. The molecule has 0 spiro atoms. The minimum absolute atomic E-state index is 0.938. The molecule has 0 aliphatic heterocycles. The average Bonchev–Trinajstić information content (AvgIpc) is 2.24. The van der Waals surface area contributed by atoms with Crippen LogP contribution >= 0.6 is 47.8 Å². The minimum atomic E-state index is 0.938. The highest BCUT2D eigenvalue weighted by Crippen LogP contribution is 2.29. The lowest BCUT2D eigenvalue weighted by Gasteiger charge is -2.08. The van der Waals surface area contributed by atoms with E-state index < -0.39 is 0 Å². The van der Waals surface area contributed by atoms with E-state index in [9.17, 15) is 0 Å². The predicted octanol–water partition coefficient (Wildman–Crippen LogP) is 5.11. The molecule has 0 radical (unpaired) electrons. The van der Waals surface area contributed by atoms with Crippen LogP contribution < -0.4 is 5.32 Å². The summed E-state index contributed by atoms with van der Waals surface area (Å²) in [4.78, 5) is 4.10. The van der Waals surface area contributed by atoms with Crippen molar-refractivity contribution in [3.8, 4) is 0 Å². The third kappa shape index (κ3) is 3.06. The fraction of sp³-hybridized carbons (Fsp3) is 0. The van der Waals surface area contributed by atoms with Crippen molar-refractivity contribution >= 4 is 59.2 Å². The zero-order chi connectivity index (χ0) is 11.5. The first-order chi connectivity index (χ1) is 7.65. The third-order valence-electron chi connectivity index (χ3n) is 1.91. The summed E-state index contributed by atoms with van der Waals surface area (Å²) in [6, 6.07) is 7.94. The molecular formula is C11H7Br3N2. The van der Waals surface area contributed by atoms with E-state index >= 15 is 0 Å². The van der Waals surface area contributed by atoms with Crippen molar-refractivity contribution in [2.45, 2.75) is 0 Å². The number of halogens is 3. The molecule has 0 unspecified atom stereocenters. The van der Waals surface area contributed by atoms with Crippen molar-refractivity contribution in [1.82, 2.24) is 4.98 Å². The monoisotopic (exact) mass is 404 g/mol. The third-order valence-corrected chi connectivity index (χ3v) is 3.53. The number of pyridine rings is 1. The lowest BCUT2D eigenvalue weighted by molar-refractivity contribution is 1.30. The van der Waals surface area contributed by atoms with Crippen molar-refractivity contribution in [2.24, 2.45) is 0 Å². The number of nitrogens with zero attached hydrogens (tertiary/aromatic N) is 1. The van der Waals surface area contributed by atoms with Gasteiger partial charge in [0.25, 0.3) is 0 Å². The molecule has 82 valence electrons. The lowest BCUT2D eigenvalue weighted by atomic mass is 10.3. The second-order valence-corrected chi connectivity index (χ2v) is 5.83. The van der Waals surface area contributed by atoms with Gasteiger partial charge in [-0.2, -0.15) is 0 Å². The number of hydrogen-bond donors (Lipinski definition) is 1. The van der Waals surface area contributed by atoms with Crippen LogP contribution in [-0.2, 0) is 0 Å². The second kappa shape index (κ2) is 5.29. The molecule has 0 saturated heterocycles. The highest BCUT2D eigenvalue weighted by molar-refractivity contribution is 9.11. The Bertz CT molecular complexity index is 514. The number of anilines is 2. The van der Waals surface area contributed by atoms with Gasteiger partial charge in [-0.05, 0) is 56.1 Å². The van der Waals surface area contributed by atoms with Gasteiger partial charge in [0.1, 0.15) is 0 Å². The van der Waals surface area contributed by atoms with Gasteiger partial charge in [0.2, 0.25) is 0 Å². The average molecular weight is 407 g/mol. The Morgan fingerprint density at radius 2 is 1.75 bits per heavy atom. The molecule has 0 bridgehead atoms. The molecule has 0 fully saturated rings. The number of benzene rings is 1. The maximum absolute atomic E-state index is 4.10. The Kier molecular flexibility index (Phi) is 4.00. The highest BCUT2D eigenvalue weighted by atomic mass is 79.9. The Labute approximate surface area is 119 Å². The minimum Gasteiger partial charge on any atom is -0.353 e. The molecule has 0 atom stereocenters. The van der Waals surface area contributed by atoms with Crippen LogP contribution in [0.1, 0.15) is 0 Å². The number of hydrogen-bond acceptors (Lipinski definition) is 2. The van der Waals surface area contributed by atoms with Crippen molar-refractivity contribution < 1.29 is 0 Å². The van der Waals surface area contributed by atoms with Gasteiger partial charge in [-0.3, -0.25) is 4.98 Å². The van der Waals surface area contributed by atoms with Crippen molar-refractivity contribution in [1.29, 1.82) is 0 Å². The van der Waals surface area contributed by atoms with Crippen LogP contribution in [0.2, 0.25) is 0 Å². The van der Waals surface area contributed by atoms with Crippen LogP contribution in [0.3, 0.4) is 0 Å². The van der Waals surface area contributed by atoms with Gasteiger partial charge < -0.3 is 5.32 Å². The summed E-state index contributed by atoms with van der Waals surface area (Å²) in [6.07, 6.45) is 3.53. The number of nitrogens with one attached hydrogen (secondary N) is 1. The first kappa shape index (κ1) is 12.1. The summed E-state index contributed by atoms with van der Waals surface area (Å²) in [5.74, 6) is 0. The van der Waals surface area contributed by atoms with Gasteiger partial charge >= 0.3 is 0 Å². The summed E-state index contributed by atoms with van der Waals surface area (Å²) in [7, 11) is 0. The zero-order valence-corrected chi connectivity index (χ0v) is 12.8. The van der Waals surface area contributed by atoms with E-state index in [4.69, 9.17) is 0 Å². The van der Waals surface area contributed by atoms with E-state index in [1.165, 1.54) is 0 Å². The van der Waals surface area contributed by atoms with Gasteiger partial charge in [-0.1, -0.05) is 15.9 Å². The van der Waals surface area contributed by atoms with Gasteiger partial charge in [-0.15, -0.1) is 0 Å². The standard InChI is InChI=1S/C11H7Br3N2/c12-7-1-2-10(14)11(4-7)16-9-3-8(13)5-15-6-9/h1-6,16H. The van der Waals surface area contributed by atoms with E-state index in [-0.39, 0.29) is 0 Å². The summed E-state index contributed by atoms with van der Waals surface area (Å²) in [6.45, 7) is 0. The summed E-state index contributed by atoms with van der Waals surface area (Å²) >= 11 is 10.3.